The van der Waals surface area contributed by atoms with Gasteiger partial charge in [-0.25, -0.2) is 14.8 Å². The lowest BCUT2D eigenvalue weighted by molar-refractivity contribution is -0.120. The van der Waals surface area contributed by atoms with Crippen LogP contribution in [0.1, 0.15) is 97.8 Å². The molecule has 0 bridgehead atoms. The summed E-state index contributed by atoms with van der Waals surface area (Å²) in [5.74, 6) is 3.57. The molecule has 2 aliphatic carbocycles. The topological polar surface area (TPSA) is 166 Å². The normalized spacial score (nSPS) is 20.1. The molecule has 4 N–H and O–H groups in total. The highest BCUT2D eigenvalue weighted by Gasteiger charge is 2.29. The standard InChI is InChI=1S/C31H38N6O.C17H22N6O2/c1-4-18-32-30(38)26-19-33-31(34-25-15-12-23(13-16-25)22-8-6-20(3)7-9-22)37-29(26)36-27-17-14-24-11-10-21(5-2)28(24)35-27;1-20-7-9-22(10-8-20)12-3-4-13-14(11-12)21(2)19-16(13)23-6-5-15(24)18-17(23)25/h4,12-17,19-22H,1,5-11,18H2,2-3H3,(H,32,38)(H2,33,34,35,36,37);3-4,11H,5-10H2,1-2H3,(H,18,24,25). The Kier molecular flexibility index (Phi) is 13.3. The van der Waals surface area contributed by atoms with E-state index in [0.717, 1.165) is 73.6 Å². The van der Waals surface area contributed by atoms with E-state index in [2.05, 4.69) is 116 Å². The molecule has 2 aromatic carbocycles. The largest absolute Gasteiger partial charge is 0.369 e. The van der Waals surface area contributed by atoms with Gasteiger partial charge in [0.15, 0.2) is 5.82 Å². The van der Waals surface area contributed by atoms with Crippen molar-refractivity contribution in [3.05, 3.63) is 95.8 Å². The van der Waals surface area contributed by atoms with Gasteiger partial charge >= 0.3 is 6.03 Å². The molecular weight excluding hydrogens is 793 g/mol. The van der Waals surface area contributed by atoms with E-state index in [1.807, 2.05) is 19.2 Å². The Balaban J connectivity index is 0.000000188. The van der Waals surface area contributed by atoms with E-state index in [0.29, 0.717) is 60.3 Å². The van der Waals surface area contributed by atoms with Crippen LogP contribution in [0.3, 0.4) is 0 Å². The van der Waals surface area contributed by atoms with Gasteiger partial charge in [-0.05, 0) is 98.5 Å². The van der Waals surface area contributed by atoms with Gasteiger partial charge in [-0.15, -0.1) is 6.58 Å². The quantitative estimate of drug-likeness (QED) is 0.0960. The van der Waals surface area contributed by atoms with Gasteiger partial charge in [0.2, 0.25) is 11.9 Å². The minimum absolute atomic E-state index is 0.237. The first-order valence-corrected chi connectivity index (χ1v) is 22.5. The number of pyridine rings is 1. The van der Waals surface area contributed by atoms with Gasteiger partial charge < -0.3 is 25.8 Å². The Labute approximate surface area is 369 Å². The molecule has 1 unspecified atom stereocenters. The third-order valence-corrected chi connectivity index (χ3v) is 13.0. The van der Waals surface area contributed by atoms with Gasteiger partial charge in [0.1, 0.15) is 17.2 Å². The number of nitrogens with one attached hydrogen (secondary N) is 4. The van der Waals surface area contributed by atoms with Crippen molar-refractivity contribution in [2.24, 2.45) is 13.0 Å². The zero-order valence-corrected chi connectivity index (χ0v) is 37.0. The molecular formula is C48H60N12O3. The zero-order chi connectivity index (χ0) is 44.0. The van der Waals surface area contributed by atoms with Gasteiger partial charge in [-0.2, -0.15) is 10.1 Å². The number of hydrogen-bond acceptors (Lipinski definition) is 11. The van der Waals surface area contributed by atoms with Gasteiger partial charge in [-0.3, -0.25) is 24.5 Å². The van der Waals surface area contributed by atoms with E-state index in [1.165, 1.54) is 42.5 Å². The predicted octanol–water partition coefficient (Wildman–Crippen LogP) is 7.78. The number of amides is 4. The molecule has 63 heavy (non-hydrogen) atoms. The predicted molar refractivity (Wildman–Crippen MR) is 249 cm³/mol. The summed E-state index contributed by atoms with van der Waals surface area (Å²) in [6.07, 6.45) is 11.9. The molecule has 5 aromatic rings. The summed E-state index contributed by atoms with van der Waals surface area (Å²) in [6, 6.07) is 18.5. The van der Waals surface area contributed by atoms with Crippen molar-refractivity contribution in [3.8, 4) is 0 Å². The Morgan fingerprint density at radius 1 is 0.905 bits per heavy atom. The number of rotatable bonds is 11. The SMILES string of the molecule is C=CCNC(=O)c1cnc(Nc2ccc(C3CCC(C)CC3)cc2)nc1Nc1ccc2c(n1)C(CC)CC2.CN1CCN(c2ccc3c(N4CCC(=O)NC4=O)nn(C)c3c2)CC1. The molecule has 3 aromatic heterocycles. The average molecular weight is 853 g/mol. The first-order chi connectivity index (χ1) is 30.6. The Hall–Kier alpha value is -6.35. The minimum atomic E-state index is -0.403. The number of aryl methyl sites for hydroxylation is 2. The van der Waals surface area contributed by atoms with Crippen molar-refractivity contribution in [2.45, 2.75) is 77.0 Å². The summed E-state index contributed by atoms with van der Waals surface area (Å²) in [4.78, 5) is 56.6. The molecule has 0 spiro atoms. The number of benzene rings is 2. The molecule has 3 fully saturated rings. The summed E-state index contributed by atoms with van der Waals surface area (Å²) in [5, 5.41) is 17.2. The molecule has 4 amide bonds. The molecule has 5 heterocycles. The van der Waals surface area contributed by atoms with Gasteiger partial charge in [0.05, 0.1) is 5.52 Å². The van der Waals surface area contributed by atoms with Crippen molar-refractivity contribution in [1.82, 2.24) is 40.3 Å². The van der Waals surface area contributed by atoms with E-state index in [-0.39, 0.29) is 11.8 Å². The van der Waals surface area contributed by atoms with Crippen LogP contribution in [-0.2, 0) is 18.3 Å². The fraction of sp³-hybridized carbons (Fsp3) is 0.438. The van der Waals surface area contributed by atoms with E-state index in [4.69, 9.17) is 4.98 Å². The molecule has 9 rings (SSSR count). The Bertz CT molecular complexity index is 2450. The summed E-state index contributed by atoms with van der Waals surface area (Å²) < 4.78 is 1.80. The van der Waals surface area contributed by atoms with Crippen LogP contribution in [0.4, 0.5) is 39.6 Å². The Morgan fingerprint density at radius 2 is 1.68 bits per heavy atom. The highest BCUT2D eigenvalue weighted by atomic mass is 16.2. The maximum absolute atomic E-state index is 12.9. The average Bonchev–Trinajstić information content (AvgIpc) is 3.86. The van der Waals surface area contributed by atoms with Crippen molar-refractivity contribution in [3.63, 3.8) is 0 Å². The molecule has 2 saturated heterocycles. The number of piperazine rings is 1. The van der Waals surface area contributed by atoms with Crippen LogP contribution in [0.5, 0.6) is 0 Å². The van der Waals surface area contributed by atoms with Crippen molar-refractivity contribution in [1.29, 1.82) is 0 Å². The summed E-state index contributed by atoms with van der Waals surface area (Å²) in [5.41, 5.74) is 7.28. The van der Waals surface area contributed by atoms with Crippen LogP contribution in [0.15, 0.2) is 73.4 Å². The van der Waals surface area contributed by atoms with Gasteiger partial charge in [-0.1, -0.05) is 51.0 Å². The number of likely N-dealkylation sites (N-methyl/N-ethyl adjacent to an activating group) is 1. The molecule has 1 atom stereocenters. The van der Waals surface area contributed by atoms with Gasteiger partial charge in [0, 0.05) is 87.3 Å². The first-order valence-electron chi connectivity index (χ1n) is 22.5. The number of anilines is 6. The molecule has 330 valence electrons. The maximum Gasteiger partial charge on any atom is 0.329 e. The van der Waals surface area contributed by atoms with Crippen molar-refractivity contribution < 1.29 is 14.4 Å². The molecule has 4 aliphatic rings. The van der Waals surface area contributed by atoms with Crippen molar-refractivity contribution in [2.75, 3.05) is 66.7 Å². The first kappa shape index (κ1) is 43.3. The number of hydrogen-bond donors (Lipinski definition) is 4. The van der Waals surface area contributed by atoms with Gasteiger partial charge in [0.25, 0.3) is 5.91 Å². The lowest BCUT2D eigenvalue weighted by atomic mass is 9.79. The fourth-order valence-electron chi connectivity index (χ4n) is 9.10. The molecule has 0 radical (unpaired) electrons. The second-order valence-electron chi connectivity index (χ2n) is 17.4. The van der Waals surface area contributed by atoms with Crippen molar-refractivity contribution >= 4 is 63.5 Å². The lowest BCUT2D eigenvalue weighted by Gasteiger charge is -2.34. The maximum atomic E-state index is 12.9. The fourth-order valence-corrected chi connectivity index (χ4v) is 9.10. The smallest absolute Gasteiger partial charge is 0.329 e. The summed E-state index contributed by atoms with van der Waals surface area (Å²) in [6.45, 7) is 13.1. The van der Waals surface area contributed by atoms with E-state index in [1.54, 1.807) is 21.9 Å². The van der Waals surface area contributed by atoms with E-state index in [9.17, 15) is 14.4 Å². The number of urea groups is 1. The number of aromatic nitrogens is 5. The number of nitrogens with zero attached hydrogens (tertiary/aromatic N) is 8. The van der Waals surface area contributed by atoms with Crippen LogP contribution < -0.4 is 31.1 Å². The van der Waals surface area contributed by atoms with Crippen LogP contribution in [-0.4, -0.2) is 93.8 Å². The minimum Gasteiger partial charge on any atom is -0.369 e. The van der Waals surface area contributed by atoms with E-state index < -0.39 is 6.03 Å². The van der Waals surface area contributed by atoms with E-state index >= 15 is 0 Å². The number of fused-ring (bicyclic) bond motifs is 2. The second-order valence-corrected chi connectivity index (χ2v) is 17.4. The molecule has 15 heteroatoms. The molecule has 1 saturated carbocycles. The third-order valence-electron chi connectivity index (χ3n) is 13.0. The molecule has 2 aliphatic heterocycles. The van der Waals surface area contributed by atoms with Crippen LogP contribution in [0, 0.1) is 5.92 Å². The monoisotopic (exact) mass is 852 g/mol. The Morgan fingerprint density at radius 3 is 2.41 bits per heavy atom. The summed E-state index contributed by atoms with van der Waals surface area (Å²) >= 11 is 0. The van der Waals surface area contributed by atoms with Crippen LogP contribution >= 0.6 is 0 Å². The summed E-state index contributed by atoms with van der Waals surface area (Å²) in [7, 11) is 4.02. The third kappa shape index (κ3) is 9.99. The molecule has 15 nitrogen and oxygen atoms in total. The number of imide groups is 1. The second kappa shape index (κ2) is 19.4. The highest BCUT2D eigenvalue weighted by molar-refractivity contribution is 6.09. The lowest BCUT2D eigenvalue weighted by Crippen LogP contribution is -2.49. The van der Waals surface area contributed by atoms with Crippen LogP contribution in [0.2, 0.25) is 0 Å². The number of carbonyl (C=O) groups is 3. The highest BCUT2D eigenvalue weighted by Crippen LogP contribution is 2.37. The number of carbonyl (C=O) groups excluding carboxylic acids is 3. The zero-order valence-electron chi connectivity index (χ0n) is 37.0. The van der Waals surface area contributed by atoms with Crippen LogP contribution in [0.25, 0.3) is 10.9 Å².